The number of methoxy groups -OCH3 is 2. The van der Waals surface area contributed by atoms with E-state index in [4.69, 9.17) is 9.47 Å². The van der Waals surface area contributed by atoms with Crippen LogP contribution in [0.2, 0.25) is 0 Å². The summed E-state index contributed by atoms with van der Waals surface area (Å²) in [5.74, 6) is -1.10. The van der Waals surface area contributed by atoms with Gasteiger partial charge in [-0.15, -0.1) is 0 Å². The summed E-state index contributed by atoms with van der Waals surface area (Å²) in [5.41, 5.74) is 0.812. The molecule has 0 amide bonds. The number of rotatable bonds is 4. The lowest BCUT2D eigenvalue weighted by molar-refractivity contribution is -0.154. The third kappa shape index (κ3) is 2.21. The summed E-state index contributed by atoms with van der Waals surface area (Å²) < 4.78 is 9.83. The second-order valence-corrected chi connectivity index (χ2v) is 4.91. The fourth-order valence-electron chi connectivity index (χ4n) is 3.13. The quantitative estimate of drug-likeness (QED) is 0.800. The molecule has 1 aliphatic rings. The van der Waals surface area contributed by atoms with E-state index in [1.165, 1.54) is 14.2 Å². The second-order valence-electron chi connectivity index (χ2n) is 4.91. The molecule has 5 heteroatoms. The molecule has 5 nitrogen and oxygen atoms in total. The van der Waals surface area contributed by atoms with E-state index in [9.17, 15) is 9.59 Å². The molecule has 0 bridgehead atoms. The summed E-state index contributed by atoms with van der Waals surface area (Å²) in [6, 6.07) is 0. The Morgan fingerprint density at radius 3 is 2.30 bits per heavy atom. The van der Waals surface area contributed by atoms with Crippen LogP contribution in [0.5, 0.6) is 0 Å². The summed E-state index contributed by atoms with van der Waals surface area (Å²) in [7, 11) is 2.69. The fraction of sp³-hybridized carbons (Fsp3) is 0.600. The Hall–Kier alpha value is -1.78. The highest BCUT2D eigenvalue weighted by molar-refractivity contribution is 5.93. The lowest BCUT2D eigenvalue weighted by Gasteiger charge is -2.43. The van der Waals surface area contributed by atoms with E-state index < -0.39 is 11.4 Å². The van der Waals surface area contributed by atoms with Gasteiger partial charge in [-0.2, -0.15) is 0 Å². The predicted octanol–water partition coefficient (Wildman–Crippen LogP) is 2.15. The van der Waals surface area contributed by atoms with Gasteiger partial charge >= 0.3 is 11.9 Å². The Bertz CT molecular complexity index is 466. The van der Waals surface area contributed by atoms with Crippen LogP contribution >= 0.6 is 0 Å². The summed E-state index contributed by atoms with van der Waals surface area (Å²) in [4.78, 5) is 24.4. The first kappa shape index (κ1) is 16.3. The van der Waals surface area contributed by atoms with E-state index in [2.05, 4.69) is 11.9 Å². The number of carbonyl (C=O) groups is 2. The minimum absolute atomic E-state index is 0.304. The molecule has 0 aliphatic carbocycles. The Labute approximate surface area is 120 Å². The fourth-order valence-corrected chi connectivity index (χ4v) is 3.13. The van der Waals surface area contributed by atoms with Crippen molar-refractivity contribution in [2.75, 3.05) is 14.2 Å². The van der Waals surface area contributed by atoms with Crippen LogP contribution in [-0.2, 0) is 19.1 Å². The van der Waals surface area contributed by atoms with E-state index in [1.54, 1.807) is 6.92 Å². The van der Waals surface area contributed by atoms with Crippen molar-refractivity contribution >= 4 is 11.9 Å². The van der Waals surface area contributed by atoms with E-state index in [0.717, 1.165) is 0 Å². The normalized spacial score (nSPS) is 26.1. The highest BCUT2D eigenvalue weighted by atomic mass is 16.5. The predicted molar refractivity (Wildman–Crippen MR) is 75.5 cm³/mol. The van der Waals surface area contributed by atoms with Gasteiger partial charge in [-0.05, 0) is 19.8 Å². The van der Waals surface area contributed by atoms with E-state index in [1.807, 2.05) is 13.8 Å². The average molecular weight is 281 g/mol. The first-order chi connectivity index (χ1) is 9.40. The molecule has 112 valence electrons. The smallest absolute Gasteiger partial charge is 0.335 e. The van der Waals surface area contributed by atoms with Gasteiger partial charge in [-0.1, -0.05) is 20.4 Å². The van der Waals surface area contributed by atoms with Gasteiger partial charge in [0, 0.05) is 17.3 Å². The first-order valence-corrected chi connectivity index (χ1v) is 6.74. The molecule has 0 fully saturated rings. The van der Waals surface area contributed by atoms with Crippen LogP contribution in [0.15, 0.2) is 23.5 Å². The van der Waals surface area contributed by atoms with Crippen LogP contribution in [-0.4, -0.2) is 26.2 Å². The zero-order chi connectivity index (χ0) is 15.5. The van der Waals surface area contributed by atoms with E-state index >= 15 is 0 Å². The highest BCUT2D eigenvalue weighted by Gasteiger charge is 2.53. The lowest BCUT2D eigenvalue weighted by atomic mass is 9.64. The van der Waals surface area contributed by atoms with Crippen LogP contribution in [0, 0.1) is 11.3 Å². The number of allylic oxidation sites excluding steroid dienone is 1. The number of nitrogens with one attached hydrogen (secondary N) is 1. The maximum absolute atomic E-state index is 12.4. The van der Waals surface area contributed by atoms with Gasteiger partial charge in [0.1, 0.15) is 5.41 Å². The van der Waals surface area contributed by atoms with Crippen LogP contribution in [0.1, 0.15) is 33.6 Å². The lowest BCUT2D eigenvalue weighted by Crippen LogP contribution is -2.50. The number of esters is 2. The zero-order valence-electron chi connectivity index (χ0n) is 12.8. The Morgan fingerprint density at radius 1 is 1.30 bits per heavy atom. The van der Waals surface area contributed by atoms with Gasteiger partial charge in [0.25, 0.3) is 0 Å². The van der Waals surface area contributed by atoms with Crippen molar-refractivity contribution in [2.45, 2.75) is 33.6 Å². The maximum atomic E-state index is 12.4. The van der Waals surface area contributed by atoms with Crippen LogP contribution in [0.3, 0.4) is 0 Å². The topological polar surface area (TPSA) is 64.6 Å². The van der Waals surface area contributed by atoms with Crippen molar-refractivity contribution < 1.29 is 19.1 Å². The van der Waals surface area contributed by atoms with Crippen molar-refractivity contribution in [2.24, 2.45) is 11.3 Å². The van der Waals surface area contributed by atoms with Gasteiger partial charge in [0.15, 0.2) is 0 Å². The maximum Gasteiger partial charge on any atom is 0.335 e. The molecule has 0 radical (unpaired) electrons. The summed E-state index contributed by atoms with van der Waals surface area (Å²) in [5, 5.41) is 3.05. The number of carbonyl (C=O) groups excluding carboxylic acids is 2. The number of ether oxygens (including phenoxy) is 2. The van der Waals surface area contributed by atoms with Crippen molar-refractivity contribution in [3.05, 3.63) is 23.5 Å². The molecule has 0 aromatic carbocycles. The van der Waals surface area contributed by atoms with E-state index in [-0.39, 0.29) is 11.9 Å². The zero-order valence-corrected chi connectivity index (χ0v) is 12.8. The number of hydrogen-bond donors (Lipinski definition) is 1. The van der Waals surface area contributed by atoms with Crippen molar-refractivity contribution in [3.63, 3.8) is 0 Å². The molecular formula is C15H23NO4. The van der Waals surface area contributed by atoms with Gasteiger partial charge in [0.05, 0.1) is 19.8 Å². The van der Waals surface area contributed by atoms with E-state index in [0.29, 0.717) is 29.8 Å². The summed E-state index contributed by atoms with van der Waals surface area (Å²) in [6.45, 7) is 9.59. The van der Waals surface area contributed by atoms with Gasteiger partial charge in [-0.3, -0.25) is 4.79 Å². The minimum atomic E-state index is -0.938. The van der Waals surface area contributed by atoms with Crippen molar-refractivity contribution in [1.29, 1.82) is 0 Å². The van der Waals surface area contributed by atoms with Crippen LogP contribution < -0.4 is 5.32 Å². The first-order valence-electron chi connectivity index (χ1n) is 6.74. The molecule has 0 saturated heterocycles. The standard InChI is InChI=1S/C15H23NO4/c1-7-11-12(13(17)19-5)9(3)16-10(4)15(11,8-2)14(18)20-6/h11,16H,4,7-8H2,1-3,5-6H3. The van der Waals surface area contributed by atoms with Crippen LogP contribution in [0.25, 0.3) is 0 Å². The Kier molecular flexibility index (Phi) is 4.98. The molecule has 0 aromatic rings. The third-order valence-electron chi connectivity index (χ3n) is 4.15. The van der Waals surface area contributed by atoms with Gasteiger partial charge < -0.3 is 14.8 Å². The molecule has 1 heterocycles. The molecular weight excluding hydrogens is 258 g/mol. The molecule has 1 aliphatic heterocycles. The summed E-state index contributed by atoms with van der Waals surface area (Å²) in [6.07, 6.45) is 1.11. The molecule has 0 spiro atoms. The molecule has 2 atom stereocenters. The monoisotopic (exact) mass is 281 g/mol. The molecule has 0 aromatic heterocycles. The third-order valence-corrected chi connectivity index (χ3v) is 4.15. The van der Waals surface area contributed by atoms with Crippen molar-refractivity contribution in [3.8, 4) is 0 Å². The van der Waals surface area contributed by atoms with Gasteiger partial charge in [0.2, 0.25) is 0 Å². The highest BCUT2D eigenvalue weighted by Crippen LogP contribution is 2.48. The molecule has 1 rings (SSSR count). The molecule has 0 saturated carbocycles. The average Bonchev–Trinajstić information content (AvgIpc) is 2.45. The molecule has 1 N–H and O–H groups in total. The second kappa shape index (κ2) is 6.11. The van der Waals surface area contributed by atoms with Crippen molar-refractivity contribution in [1.82, 2.24) is 5.32 Å². The largest absolute Gasteiger partial charge is 0.468 e. The van der Waals surface area contributed by atoms with Gasteiger partial charge in [-0.25, -0.2) is 4.79 Å². The minimum Gasteiger partial charge on any atom is -0.468 e. The Morgan fingerprint density at radius 2 is 1.90 bits per heavy atom. The summed E-state index contributed by atoms with van der Waals surface area (Å²) >= 11 is 0. The Balaban J connectivity index is 3.50. The SMILES string of the molecule is C=C1NC(C)=C(C(=O)OC)C(CC)C1(CC)C(=O)OC. The number of hydrogen-bond acceptors (Lipinski definition) is 5. The van der Waals surface area contributed by atoms with Crippen LogP contribution in [0.4, 0.5) is 0 Å². The molecule has 20 heavy (non-hydrogen) atoms. The molecule has 2 unspecified atom stereocenters.